The smallest absolute Gasteiger partial charge is 0.249 e. The summed E-state index contributed by atoms with van der Waals surface area (Å²) in [4.78, 5) is 4.11. The first-order valence-corrected chi connectivity index (χ1v) is 9.93. The van der Waals surface area contributed by atoms with Crippen LogP contribution in [-0.2, 0) is 10.0 Å². The van der Waals surface area contributed by atoms with Crippen LogP contribution >= 0.6 is 0 Å². The van der Waals surface area contributed by atoms with E-state index in [0.29, 0.717) is 24.9 Å². The maximum absolute atomic E-state index is 13.5. The van der Waals surface area contributed by atoms with Crippen LogP contribution in [0.4, 0.5) is 4.39 Å². The lowest BCUT2D eigenvalue weighted by Gasteiger charge is -2.21. The van der Waals surface area contributed by atoms with E-state index >= 15 is 0 Å². The highest BCUT2D eigenvalue weighted by Crippen LogP contribution is 2.36. The lowest BCUT2D eigenvalue weighted by atomic mass is 10.2. The van der Waals surface area contributed by atoms with Gasteiger partial charge in [0.2, 0.25) is 21.8 Å². The average Bonchev–Trinajstić information content (AvgIpc) is 3.32. The van der Waals surface area contributed by atoms with Crippen molar-refractivity contribution in [1.82, 2.24) is 19.5 Å². The van der Waals surface area contributed by atoms with E-state index in [1.165, 1.54) is 22.5 Å². The van der Waals surface area contributed by atoms with Gasteiger partial charge in [0.1, 0.15) is 11.9 Å². The Kier molecular flexibility index (Phi) is 4.48. The van der Waals surface area contributed by atoms with Crippen molar-refractivity contribution in [1.29, 1.82) is 0 Å². The molecule has 0 bridgehead atoms. The number of hydrogen-bond donors (Lipinski definition) is 0. The van der Waals surface area contributed by atoms with Crippen LogP contribution < -0.4 is 0 Å². The summed E-state index contributed by atoms with van der Waals surface area (Å²) in [6.07, 6.45) is 2.84. The zero-order chi connectivity index (χ0) is 19.0. The Morgan fingerprint density at radius 1 is 1.22 bits per heavy atom. The van der Waals surface area contributed by atoms with Crippen LogP contribution in [0.3, 0.4) is 0 Å². The van der Waals surface area contributed by atoms with Crippen LogP contribution in [0.1, 0.15) is 30.5 Å². The molecule has 0 aliphatic carbocycles. The number of rotatable bonds is 4. The highest BCUT2D eigenvalue weighted by Gasteiger charge is 2.39. The monoisotopic (exact) mass is 388 g/mol. The van der Waals surface area contributed by atoms with Crippen molar-refractivity contribution in [2.24, 2.45) is 0 Å². The number of sulfonamides is 1. The molecule has 1 fully saturated rings. The molecule has 0 radical (unpaired) electrons. The molecule has 27 heavy (non-hydrogen) atoms. The number of aromatic nitrogens is 3. The molecule has 1 atom stereocenters. The number of aryl methyl sites for hydroxylation is 1. The van der Waals surface area contributed by atoms with Gasteiger partial charge in [-0.3, -0.25) is 4.98 Å². The van der Waals surface area contributed by atoms with Crippen molar-refractivity contribution in [3.8, 4) is 11.5 Å². The molecule has 7 nitrogen and oxygen atoms in total. The van der Waals surface area contributed by atoms with E-state index in [9.17, 15) is 12.8 Å². The fraction of sp³-hybridized carbons (Fsp3) is 0.278. The van der Waals surface area contributed by atoms with Crippen LogP contribution in [0.5, 0.6) is 0 Å². The van der Waals surface area contributed by atoms with Crippen molar-refractivity contribution in [2.75, 3.05) is 6.54 Å². The van der Waals surface area contributed by atoms with Gasteiger partial charge >= 0.3 is 0 Å². The third-order valence-electron chi connectivity index (χ3n) is 4.49. The highest BCUT2D eigenvalue weighted by molar-refractivity contribution is 7.89. The minimum Gasteiger partial charge on any atom is -0.419 e. The first kappa shape index (κ1) is 17.7. The molecule has 3 heterocycles. The van der Waals surface area contributed by atoms with Crippen molar-refractivity contribution < 1.29 is 17.2 Å². The minimum atomic E-state index is -3.87. The Bertz CT molecular complexity index is 1070. The standard InChI is InChI=1S/C18H17FN4O3S/c1-12-7-8-13(11-20-12)17-21-22-18(26-17)16-6-3-9-23(16)27(24,25)15-5-2-4-14(19)10-15/h2,4-5,7-8,10-11,16H,3,6,9H2,1H3. The minimum absolute atomic E-state index is 0.0862. The number of halogens is 1. The topological polar surface area (TPSA) is 89.2 Å². The second kappa shape index (κ2) is 6.82. The second-order valence-electron chi connectivity index (χ2n) is 6.36. The predicted octanol–water partition coefficient (Wildman–Crippen LogP) is 3.10. The van der Waals surface area contributed by atoms with Gasteiger partial charge in [-0.1, -0.05) is 6.07 Å². The van der Waals surface area contributed by atoms with Crippen LogP contribution in [0, 0.1) is 12.7 Å². The van der Waals surface area contributed by atoms with Gasteiger partial charge in [0.05, 0.1) is 10.5 Å². The summed E-state index contributed by atoms with van der Waals surface area (Å²) in [5.41, 5.74) is 1.53. The van der Waals surface area contributed by atoms with Gasteiger partial charge in [-0.05, 0) is 50.1 Å². The van der Waals surface area contributed by atoms with Crippen molar-refractivity contribution in [2.45, 2.75) is 30.7 Å². The Balaban J connectivity index is 1.65. The molecule has 9 heteroatoms. The SMILES string of the molecule is Cc1ccc(-c2nnc(C3CCCN3S(=O)(=O)c3cccc(F)c3)o2)cn1. The Labute approximate surface area is 155 Å². The molecular formula is C18H17FN4O3S. The van der Waals surface area contributed by atoms with Gasteiger partial charge in [0, 0.05) is 18.4 Å². The van der Waals surface area contributed by atoms with Crippen LogP contribution in [-0.4, -0.2) is 34.4 Å². The molecule has 0 saturated carbocycles. The highest BCUT2D eigenvalue weighted by atomic mass is 32.2. The number of pyridine rings is 1. The summed E-state index contributed by atoms with van der Waals surface area (Å²) in [6.45, 7) is 2.18. The van der Waals surface area contributed by atoms with Gasteiger partial charge in [0.25, 0.3) is 0 Å². The molecule has 3 aromatic rings. The lowest BCUT2D eigenvalue weighted by molar-refractivity contribution is 0.332. The molecule has 0 amide bonds. The summed E-state index contributed by atoms with van der Waals surface area (Å²) >= 11 is 0. The van der Waals surface area contributed by atoms with Crippen molar-refractivity contribution >= 4 is 10.0 Å². The molecule has 1 saturated heterocycles. The Hall–Kier alpha value is -2.65. The van der Waals surface area contributed by atoms with Crippen molar-refractivity contribution in [3.05, 3.63) is 60.0 Å². The van der Waals surface area contributed by atoms with Gasteiger partial charge in [-0.25, -0.2) is 12.8 Å². The molecule has 0 N–H and O–H groups in total. The van der Waals surface area contributed by atoms with E-state index in [1.54, 1.807) is 6.20 Å². The van der Waals surface area contributed by atoms with Gasteiger partial charge in [-0.15, -0.1) is 10.2 Å². The zero-order valence-corrected chi connectivity index (χ0v) is 15.4. The molecule has 4 rings (SSSR count). The van der Waals surface area contributed by atoms with E-state index < -0.39 is 21.9 Å². The van der Waals surface area contributed by atoms with Crippen LogP contribution in [0.15, 0.2) is 51.9 Å². The summed E-state index contributed by atoms with van der Waals surface area (Å²) in [5.74, 6) is -0.0886. The summed E-state index contributed by atoms with van der Waals surface area (Å²) in [6, 6.07) is 8.05. The zero-order valence-electron chi connectivity index (χ0n) is 14.5. The Morgan fingerprint density at radius 3 is 2.81 bits per heavy atom. The molecule has 1 aromatic carbocycles. The van der Waals surface area contributed by atoms with Crippen LogP contribution in [0.25, 0.3) is 11.5 Å². The van der Waals surface area contributed by atoms with E-state index in [4.69, 9.17) is 4.42 Å². The normalized spacial score (nSPS) is 18.1. The first-order chi connectivity index (χ1) is 12.9. The fourth-order valence-electron chi connectivity index (χ4n) is 3.12. The Morgan fingerprint density at radius 2 is 2.07 bits per heavy atom. The maximum atomic E-state index is 13.5. The number of benzene rings is 1. The summed E-state index contributed by atoms with van der Waals surface area (Å²) in [7, 11) is -3.87. The summed E-state index contributed by atoms with van der Waals surface area (Å²) < 4.78 is 46.4. The third kappa shape index (κ3) is 3.35. The fourth-order valence-corrected chi connectivity index (χ4v) is 4.80. The number of nitrogens with zero attached hydrogens (tertiary/aromatic N) is 4. The molecule has 1 unspecified atom stereocenters. The van der Waals surface area contributed by atoms with E-state index in [2.05, 4.69) is 15.2 Å². The molecule has 140 valence electrons. The van der Waals surface area contributed by atoms with E-state index in [0.717, 1.165) is 11.8 Å². The third-order valence-corrected chi connectivity index (χ3v) is 6.39. The van der Waals surface area contributed by atoms with Gasteiger partial charge < -0.3 is 4.42 Å². The lowest BCUT2D eigenvalue weighted by Crippen LogP contribution is -2.31. The second-order valence-corrected chi connectivity index (χ2v) is 8.26. The maximum Gasteiger partial charge on any atom is 0.249 e. The quantitative estimate of drug-likeness (QED) is 0.682. The molecule has 1 aliphatic rings. The predicted molar refractivity (Wildman–Crippen MR) is 94.5 cm³/mol. The van der Waals surface area contributed by atoms with Gasteiger partial charge in [-0.2, -0.15) is 4.31 Å². The van der Waals surface area contributed by atoms with E-state index in [1.807, 2.05) is 19.1 Å². The molecule has 1 aliphatic heterocycles. The number of hydrogen-bond acceptors (Lipinski definition) is 6. The van der Waals surface area contributed by atoms with Crippen molar-refractivity contribution in [3.63, 3.8) is 0 Å². The molecule has 0 spiro atoms. The largest absolute Gasteiger partial charge is 0.419 e. The molecular weight excluding hydrogens is 371 g/mol. The average molecular weight is 388 g/mol. The molecule has 2 aromatic heterocycles. The van der Waals surface area contributed by atoms with E-state index in [-0.39, 0.29) is 16.7 Å². The van der Waals surface area contributed by atoms with Gasteiger partial charge in [0.15, 0.2) is 0 Å². The van der Waals surface area contributed by atoms with Crippen LogP contribution in [0.2, 0.25) is 0 Å². The summed E-state index contributed by atoms with van der Waals surface area (Å²) in [5, 5.41) is 8.07. The first-order valence-electron chi connectivity index (χ1n) is 8.49.